The number of rotatable bonds is 4. The van der Waals surface area contributed by atoms with Crippen molar-refractivity contribution in [3.8, 4) is 0 Å². The molecule has 0 saturated heterocycles. The van der Waals surface area contributed by atoms with E-state index in [1.54, 1.807) is 0 Å². The summed E-state index contributed by atoms with van der Waals surface area (Å²) in [4.78, 5) is 0. The van der Waals surface area contributed by atoms with Crippen LogP contribution in [-0.2, 0) is 7.45 Å². The molecule has 0 rings (SSSR count). The first kappa shape index (κ1) is 14.3. The van der Waals surface area contributed by atoms with Crippen molar-refractivity contribution >= 4 is 24.3 Å². The SMILES string of the molecule is FC(F)(F)CO[As](Cl)OCC(F)(F)F. The molecule has 0 aliphatic heterocycles. The summed E-state index contributed by atoms with van der Waals surface area (Å²) in [5.41, 5.74) is 0. The fourth-order valence-corrected chi connectivity index (χ4v) is 1.99. The predicted octanol–water partition coefficient (Wildman–Crippen LogP) is 2.37. The van der Waals surface area contributed by atoms with E-state index in [1.165, 1.54) is 0 Å². The Morgan fingerprint density at radius 3 is 1.36 bits per heavy atom. The van der Waals surface area contributed by atoms with Gasteiger partial charge in [0.25, 0.3) is 0 Å². The molecule has 0 spiro atoms. The molecular weight excluding hydrogens is 304 g/mol. The Labute approximate surface area is 84.2 Å². The fourth-order valence-electron chi connectivity index (χ4n) is 0.285. The van der Waals surface area contributed by atoms with Crippen LogP contribution >= 0.6 is 9.95 Å². The van der Waals surface area contributed by atoms with Gasteiger partial charge in [0.2, 0.25) is 0 Å². The van der Waals surface area contributed by atoms with Crippen molar-refractivity contribution in [1.82, 2.24) is 0 Å². The van der Waals surface area contributed by atoms with Gasteiger partial charge in [0.1, 0.15) is 0 Å². The van der Waals surface area contributed by atoms with Crippen molar-refractivity contribution in [3.63, 3.8) is 0 Å². The van der Waals surface area contributed by atoms with Crippen LogP contribution in [0.5, 0.6) is 0 Å². The second-order valence-electron chi connectivity index (χ2n) is 1.99. The van der Waals surface area contributed by atoms with E-state index < -0.39 is 40.0 Å². The summed E-state index contributed by atoms with van der Waals surface area (Å²) in [5, 5.41) is 0. The number of hydrogen-bond acceptors (Lipinski definition) is 2. The molecule has 0 heterocycles. The fraction of sp³-hybridized carbons (Fsp3) is 1.00. The molecule has 0 aliphatic carbocycles. The maximum absolute atomic E-state index is 11.5. The summed E-state index contributed by atoms with van der Waals surface area (Å²) in [6.07, 6.45) is -9.24. The number of hydrogen-bond donors (Lipinski definition) is 0. The average Bonchev–Trinajstić information content (AvgIpc) is 1.94. The third-order valence-electron chi connectivity index (χ3n) is 0.659. The summed E-state index contributed by atoms with van der Waals surface area (Å²) in [6.45, 7) is -3.40. The topological polar surface area (TPSA) is 18.5 Å². The summed E-state index contributed by atoms with van der Waals surface area (Å²) < 4.78 is 76.4. The van der Waals surface area contributed by atoms with Crippen molar-refractivity contribution < 1.29 is 33.8 Å². The zero-order chi connectivity index (χ0) is 11.4. The second-order valence-corrected chi connectivity index (χ2v) is 5.40. The molecule has 0 radical (unpaired) electrons. The van der Waals surface area contributed by atoms with Crippen molar-refractivity contribution in [3.05, 3.63) is 0 Å². The van der Waals surface area contributed by atoms with Crippen molar-refractivity contribution in [2.75, 3.05) is 13.2 Å². The van der Waals surface area contributed by atoms with E-state index in [0.717, 1.165) is 0 Å². The molecule has 0 unspecified atom stereocenters. The van der Waals surface area contributed by atoms with E-state index in [-0.39, 0.29) is 0 Å². The second kappa shape index (κ2) is 5.44. The van der Waals surface area contributed by atoms with Gasteiger partial charge < -0.3 is 0 Å². The molecule has 0 saturated carbocycles. The van der Waals surface area contributed by atoms with E-state index in [1.807, 2.05) is 0 Å². The Morgan fingerprint density at radius 1 is 0.857 bits per heavy atom. The molecule has 2 nitrogen and oxygen atoms in total. The summed E-state index contributed by atoms with van der Waals surface area (Å²) in [7, 11) is 4.99. The molecule has 0 amide bonds. The Kier molecular flexibility index (Phi) is 5.57. The third kappa shape index (κ3) is 10.4. The van der Waals surface area contributed by atoms with E-state index in [4.69, 9.17) is 9.95 Å². The molecule has 14 heavy (non-hydrogen) atoms. The maximum atomic E-state index is 11.5. The van der Waals surface area contributed by atoms with Crippen LogP contribution in [0.2, 0.25) is 0 Å². The van der Waals surface area contributed by atoms with Crippen LogP contribution in [0.15, 0.2) is 0 Å². The van der Waals surface area contributed by atoms with Crippen molar-refractivity contribution in [2.24, 2.45) is 0 Å². The van der Waals surface area contributed by atoms with Gasteiger partial charge in [-0.2, -0.15) is 0 Å². The van der Waals surface area contributed by atoms with Crippen LogP contribution in [0.3, 0.4) is 0 Å². The Bertz CT molecular complexity index is 152. The van der Waals surface area contributed by atoms with Crippen LogP contribution in [0.25, 0.3) is 0 Å². The van der Waals surface area contributed by atoms with E-state index >= 15 is 0 Å². The van der Waals surface area contributed by atoms with E-state index in [0.29, 0.717) is 0 Å². The Balaban J connectivity index is 3.62. The van der Waals surface area contributed by atoms with Crippen LogP contribution in [0.1, 0.15) is 0 Å². The molecule has 0 bridgehead atoms. The molecular formula is C4H4AsClF6O2. The number of halogens is 7. The molecule has 0 aliphatic rings. The third-order valence-corrected chi connectivity index (χ3v) is 3.07. The summed E-state index contributed by atoms with van der Waals surface area (Å²) in [6, 6.07) is 0. The van der Waals surface area contributed by atoms with E-state index in [9.17, 15) is 26.3 Å². The van der Waals surface area contributed by atoms with Gasteiger partial charge in [0.05, 0.1) is 0 Å². The van der Waals surface area contributed by atoms with Crippen LogP contribution in [0, 0.1) is 0 Å². The van der Waals surface area contributed by atoms with Crippen molar-refractivity contribution in [1.29, 1.82) is 0 Å². The monoisotopic (exact) mass is 308 g/mol. The first-order chi connectivity index (χ1) is 6.10. The van der Waals surface area contributed by atoms with Crippen LogP contribution in [-0.4, -0.2) is 40.0 Å². The van der Waals surface area contributed by atoms with Gasteiger partial charge in [-0.3, -0.25) is 0 Å². The molecule has 0 atom stereocenters. The molecule has 0 aromatic heterocycles. The standard InChI is InChI=1S/C4H4AsClF6O2/c6-5(13-1-3(7,8)9)14-2-4(10,11)12/h1-2H2. The molecule has 10 heteroatoms. The first-order valence-electron chi connectivity index (χ1n) is 2.95. The van der Waals surface area contributed by atoms with Gasteiger partial charge in [-0.1, -0.05) is 0 Å². The molecule has 0 aromatic carbocycles. The first-order valence-corrected chi connectivity index (χ1v) is 6.95. The minimum absolute atomic E-state index is 1.70. The van der Waals surface area contributed by atoms with Crippen molar-refractivity contribution in [2.45, 2.75) is 12.4 Å². The molecule has 0 fully saturated rings. The zero-order valence-corrected chi connectivity index (χ0v) is 8.96. The van der Waals surface area contributed by atoms with Gasteiger partial charge in [-0.15, -0.1) is 0 Å². The average molecular weight is 308 g/mol. The van der Waals surface area contributed by atoms with Gasteiger partial charge in [-0.25, -0.2) is 0 Å². The predicted molar refractivity (Wildman–Crippen MR) is 35.6 cm³/mol. The Morgan fingerprint density at radius 2 is 1.14 bits per heavy atom. The van der Waals surface area contributed by atoms with Gasteiger partial charge >= 0.3 is 83.7 Å². The van der Waals surface area contributed by atoms with Gasteiger partial charge in [0, 0.05) is 0 Å². The van der Waals surface area contributed by atoms with E-state index in [2.05, 4.69) is 7.45 Å². The molecule has 86 valence electrons. The van der Waals surface area contributed by atoms with Gasteiger partial charge in [0.15, 0.2) is 0 Å². The zero-order valence-electron chi connectivity index (χ0n) is 6.32. The quantitative estimate of drug-likeness (QED) is 0.586. The summed E-state index contributed by atoms with van der Waals surface area (Å²) >= 11 is -3.43. The minimum atomic E-state index is -4.62. The van der Waals surface area contributed by atoms with Crippen LogP contribution < -0.4 is 0 Å². The molecule has 0 aromatic rings. The number of alkyl halides is 6. The summed E-state index contributed by atoms with van der Waals surface area (Å²) in [5.74, 6) is 0. The normalized spacial score (nSPS) is 13.7. The molecule has 0 N–H and O–H groups in total. The Hall–Kier alpha value is 0.348. The van der Waals surface area contributed by atoms with Gasteiger partial charge in [-0.05, 0) is 0 Å². The van der Waals surface area contributed by atoms with Crippen LogP contribution in [0.4, 0.5) is 26.3 Å².